The first-order valence-electron chi connectivity index (χ1n) is 6.45. The third-order valence-electron chi connectivity index (χ3n) is 3.13. The average molecular weight is 290 g/mol. The molecule has 0 saturated carbocycles. The third-order valence-corrected chi connectivity index (χ3v) is 4.58. The lowest BCUT2D eigenvalue weighted by Crippen LogP contribution is -2.26. The molecule has 0 aliphatic rings. The van der Waals surface area contributed by atoms with Gasteiger partial charge in [-0.15, -0.1) is 0 Å². The van der Waals surface area contributed by atoms with Crippen molar-refractivity contribution in [3.05, 3.63) is 59.4 Å². The van der Waals surface area contributed by atoms with Crippen molar-refractivity contribution in [2.24, 2.45) is 0 Å². The van der Waals surface area contributed by atoms with E-state index in [0.29, 0.717) is 13.0 Å². The van der Waals surface area contributed by atoms with Crippen molar-refractivity contribution < 1.29 is 8.42 Å². The van der Waals surface area contributed by atoms with E-state index in [1.54, 1.807) is 12.3 Å². The molecule has 106 valence electrons. The van der Waals surface area contributed by atoms with Crippen LogP contribution in [0.15, 0.2) is 47.6 Å². The summed E-state index contributed by atoms with van der Waals surface area (Å²) in [6, 6.07) is 9.33. The maximum absolute atomic E-state index is 12.0. The molecule has 1 aromatic carbocycles. The second-order valence-electron chi connectivity index (χ2n) is 4.77. The summed E-state index contributed by atoms with van der Waals surface area (Å²) in [5, 5.41) is 0. The van der Waals surface area contributed by atoms with Gasteiger partial charge in [-0.25, -0.2) is 13.1 Å². The van der Waals surface area contributed by atoms with Crippen molar-refractivity contribution in [1.29, 1.82) is 0 Å². The Kier molecular flexibility index (Phi) is 4.52. The van der Waals surface area contributed by atoms with Gasteiger partial charge in [0.1, 0.15) is 4.90 Å². The van der Waals surface area contributed by atoms with Gasteiger partial charge in [0.2, 0.25) is 10.0 Å². The van der Waals surface area contributed by atoms with E-state index < -0.39 is 10.0 Å². The van der Waals surface area contributed by atoms with Gasteiger partial charge in [-0.05, 0) is 43.5 Å². The van der Waals surface area contributed by atoms with E-state index >= 15 is 0 Å². The Morgan fingerprint density at radius 2 is 2.00 bits per heavy atom. The summed E-state index contributed by atoms with van der Waals surface area (Å²) < 4.78 is 26.6. The molecule has 1 heterocycles. The molecule has 0 aliphatic heterocycles. The molecule has 0 unspecified atom stereocenters. The zero-order valence-electron chi connectivity index (χ0n) is 11.6. The number of sulfonamides is 1. The maximum atomic E-state index is 12.0. The third kappa shape index (κ3) is 3.65. The van der Waals surface area contributed by atoms with Crippen LogP contribution in [0.2, 0.25) is 0 Å². The van der Waals surface area contributed by atoms with E-state index in [9.17, 15) is 8.42 Å². The van der Waals surface area contributed by atoms with Crippen molar-refractivity contribution in [1.82, 2.24) is 9.71 Å². The van der Waals surface area contributed by atoms with Gasteiger partial charge in [0.15, 0.2) is 0 Å². The number of nitrogens with zero attached hydrogens (tertiary/aromatic N) is 1. The number of nitrogens with one attached hydrogen (secondary N) is 1. The van der Waals surface area contributed by atoms with Crippen LogP contribution in [0.4, 0.5) is 0 Å². The Bertz CT molecular complexity index is 682. The fourth-order valence-electron chi connectivity index (χ4n) is 2.04. The molecule has 1 aromatic heterocycles. The lowest BCUT2D eigenvalue weighted by Gasteiger charge is -2.09. The minimum Gasteiger partial charge on any atom is -0.263 e. The summed E-state index contributed by atoms with van der Waals surface area (Å²) >= 11 is 0. The van der Waals surface area contributed by atoms with Gasteiger partial charge in [-0.2, -0.15) is 0 Å². The number of pyridine rings is 1. The molecule has 0 atom stereocenters. The summed E-state index contributed by atoms with van der Waals surface area (Å²) in [6.45, 7) is 4.46. The zero-order chi connectivity index (χ0) is 14.6. The van der Waals surface area contributed by atoms with Crippen LogP contribution in [0.3, 0.4) is 0 Å². The van der Waals surface area contributed by atoms with Crippen LogP contribution in [0.25, 0.3) is 0 Å². The molecule has 1 N–H and O–H groups in total. The van der Waals surface area contributed by atoms with E-state index in [1.807, 2.05) is 26.0 Å². The summed E-state index contributed by atoms with van der Waals surface area (Å²) in [4.78, 5) is 4.02. The molecule has 20 heavy (non-hydrogen) atoms. The Morgan fingerprint density at radius 3 is 2.65 bits per heavy atom. The quantitative estimate of drug-likeness (QED) is 0.918. The number of benzene rings is 1. The van der Waals surface area contributed by atoms with Gasteiger partial charge in [-0.1, -0.05) is 23.8 Å². The highest BCUT2D eigenvalue weighted by Crippen LogP contribution is 2.11. The smallest absolute Gasteiger partial charge is 0.242 e. The van der Waals surface area contributed by atoms with Gasteiger partial charge in [0.25, 0.3) is 0 Å². The van der Waals surface area contributed by atoms with Crippen molar-refractivity contribution in [3.63, 3.8) is 0 Å². The van der Waals surface area contributed by atoms with Crippen LogP contribution in [-0.4, -0.2) is 19.9 Å². The summed E-state index contributed by atoms with van der Waals surface area (Å²) in [5.74, 6) is 0. The van der Waals surface area contributed by atoms with Gasteiger partial charge >= 0.3 is 0 Å². The molecule has 0 amide bonds. The number of rotatable bonds is 5. The molecule has 0 aliphatic carbocycles. The largest absolute Gasteiger partial charge is 0.263 e. The summed E-state index contributed by atoms with van der Waals surface area (Å²) in [5.41, 5.74) is 3.55. The highest BCUT2D eigenvalue weighted by atomic mass is 32.2. The van der Waals surface area contributed by atoms with Crippen molar-refractivity contribution in [2.45, 2.75) is 25.2 Å². The number of hydrogen-bond acceptors (Lipinski definition) is 3. The zero-order valence-corrected chi connectivity index (χ0v) is 12.4. The Balaban J connectivity index is 1.99. The second-order valence-corrected chi connectivity index (χ2v) is 6.53. The molecule has 0 fully saturated rings. The van der Waals surface area contributed by atoms with Gasteiger partial charge in [0, 0.05) is 18.9 Å². The van der Waals surface area contributed by atoms with Crippen molar-refractivity contribution in [3.8, 4) is 0 Å². The summed E-state index contributed by atoms with van der Waals surface area (Å²) in [7, 11) is -3.46. The van der Waals surface area contributed by atoms with Crippen molar-refractivity contribution >= 4 is 10.0 Å². The SMILES string of the molecule is Cc1ccc(CCNS(=O)(=O)c2cccnc2)c(C)c1. The number of aryl methyl sites for hydroxylation is 2. The van der Waals surface area contributed by atoms with Gasteiger partial charge in [-0.3, -0.25) is 4.98 Å². The predicted molar refractivity (Wildman–Crippen MR) is 79.0 cm³/mol. The molecular formula is C15H18N2O2S. The topological polar surface area (TPSA) is 59.1 Å². The molecule has 0 saturated heterocycles. The Morgan fingerprint density at radius 1 is 1.20 bits per heavy atom. The highest BCUT2D eigenvalue weighted by Gasteiger charge is 2.13. The monoisotopic (exact) mass is 290 g/mol. The molecule has 4 nitrogen and oxygen atoms in total. The first-order chi connectivity index (χ1) is 9.49. The van der Waals surface area contributed by atoms with Crippen LogP contribution in [-0.2, 0) is 16.4 Å². The molecule has 2 aromatic rings. The maximum Gasteiger partial charge on any atom is 0.242 e. The van der Waals surface area contributed by atoms with Crippen molar-refractivity contribution in [2.75, 3.05) is 6.54 Å². The average Bonchev–Trinajstić information content (AvgIpc) is 2.42. The molecule has 2 rings (SSSR count). The Hall–Kier alpha value is -1.72. The van der Waals surface area contributed by atoms with Crippen LogP contribution in [0.5, 0.6) is 0 Å². The van der Waals surface area contributed by atoms with E-state index in [0.717, 1.165) is 5.56 Å². The van der Waals surface area contributed by atoms with Gasteiger partial charge in [0.05, 0.1) is 0 Å². The minimum absolute atomic E-state index is 0.195. The van der Waals surface area contributed by atoms with E-state index in [1.165, 1.54) is 23.4 Å². The lowest BCUT2D eigenvalue weighted by molar-refractivity contribution is 0.581. The molecule has 5 heteroatoms. The van der Waals surface area contributed by atoms with E-state index in [4.69, 9.17) is 0 Å². The van der Waals surface area contributed by atoms with Crippen LogP contribution in [0.1, 0.15) is 16.7 Å². The highest BCUT2D eigenvalue weighted by molar-refractivity contribution is 7.89. The first-order valence-corrected chi connectivity index (χ1v) is 7.93. The van der Waals surface area contributed by atoms with Crippen LogP contribution in [0, 0.1) is 13.8 Å². The Labute approximate surface area is 119 Å². The standard InChI is InChI=1S/C15H18N2O2S/c1-12-5-6-14(13(2)10-12)7-9-17-20(18,19)15-4-3-8-16-11-15/h3-6,8,10-11,17H,7,9H2,1-2H3. The minimum atomic E-state index is -3.46. The second kappa shape index (κ2) is 6.15. The lowest BCUT2D eigenvalue weighted by atomic mass is 10.0. The number of hydrogen-bond donors (Lipinski definition) is 1. The van der Waals surface area contributed by atoms with Crippen LogP contribution < -0.4 is 4.72 Å². The summed E-state index contributed by atoms with van der Waals surface area (Å²) in [6.07, 6.45) is 3.57. The molecule has 0 radical (unpaired) electrons. The molecular weight excluding hydrogens is 272 g/mol. The first kappa shape index (κ1) is 14.7. The normalized spacial score (nSPS) is 11.5. The van der Waals surface area contributed by atoms with Crippen LogP contribution >= 0.6 is 0 Å². The number of aromatic nitrogens is 1. The van der Waals surface area contributed by atoms with Gasteiger partial charge < -0.3 is 0 Å². The van der Waals surface area contributed by atoms with E-state index in [-0.39, 0.29) is 4.90 Å². The fourth-order valence-corrected chi connectivity index (χ4v) is 3.03. The fraction of sp³-hybridized carbons (Fsp3) is 0.267. The predicted octanol–water partition coefficient (Wildman–Crippen LogP) is 2.22. The molecule has 0 bridgehead atoms. The molecule has 0 spiro atoms. The van der Waals surface area contributed by atoms with E-state index in [2.05, 4.69) is 15.8 Å².